The average molecular weight is 525 g/mol. The number of carbonyl (C=O) groups is 1. The summed E-state index contributed by atoms with van der Waals surface area (Å²) in [5, 5.41) is 0. The molecule has 6 nitrogen and oxygen atoms in total. The lowest BCUT2D eigenvalue weighted by molar-refractivity contribution is -0.146. The lowest BCUT2D eigenvalue weighted by Crippen LogP contribution is -2.52. The molecule has 1 aliphatic heterocycles. The minimum atomic E-state index is -3.75. The Kier molecular flexibility index (Phi) is 6.67. The second-order valence-corrected chi connectivity index (χ2v) is 12.5. The zero-order chi connectivity index (χ0) is 25.6. The molecular weight excluding hydrogens is 491 g/mol. The van der Waals surface area contributed by atoms with E-state index in [0.717, 1.165) is 5.56 Å². The van der Waals surface area contributed by atoms with Gasteiger partial charge >= 0.3 is 0 Å². The van der Waals surface area contributed by atoms with Gasteiger partial charge < -0.3 is 9.64 Å². The zero-order valence-corrected chi connectivity index (χ0v) is 21.7. The molecule has 196 valence electrons. The Hall–Kier alpha value is -2.55. The van der Waals surface area contributed by atoms with E-state index < -0.39 is 10.0 Å². The number of ether oxygens (including phenoxy) is 1. The molecule has 0 bridgehead atoms. The number of nitrogens with one attached hydrogen (secondary N) is 1. The van der Waals surface area contributed by atoms with Crippen molar-refractivity contribution in [3.05, 3.63) is 65.2 Å². The van der Waals surface area contributed by atoms with E-state index >= 15 is 4.39 Å². The molecule has 6 rings (SSSR count). The highest BCUT2D eigenvalue weighted by Crippen LogP contribution is 2.40. The highest BCUT2D eigenvalue weighted by Gasteiger charge is 2.41. The summed E-state index contributed by atoms with van der Waals surface area (Å²) in [6.45, 7) is 1.89. The average Bonchev–Trinajstić information content (AvgIpc) is 3.72. The van der Waals surface area contributed by atoms with Crippen molar-refractivity contribution < 1.29 is 22.3 Å². The summed E-state index contributed by atoms with van der Waals surface area (Å²) in [4.78, 5) is 15.5. The normalized spacial score (nSPS) is 26.3. The lowest BCUT2D eigenvalue weighted by Gasteiger charge is -2.39. The van der Waals surface area contributed by atoms with Gasteiger partial charge in [0.25, 0.3) is 0 Å². The molecule has 0 aromatic heterocycles. The largest absolute Gasteiger partial charge is 0.377 e. The highest BCUT2D eigenvalue weighted by molar-refractivity contribution is 7.89. The maximum absolute atomic E-state index is 15.1. The molecule has 8 heteroatoms. The number of nitrogens with zero attached hydrogens (tertiary/aromatic N) is 1. The molecule has 3 fully saturated rings. The molecule has 0 unspecified atom stereocenters. The number of allylic oxidation sites excluding steroid dienone is 1. The molecule has 1 amide bonds. The second-order valence-electron chi connectivity index (χ2n) is 10.8. The molecule has 37 heavy (non-hydrogen) atoms. The van der Waals surface area contributed by atoms with Crippen LogP contribution in [0.3, 0.4) is 0 Å². The standard InChI is InChI=1S/C29H33FN2O4S/c30-28-25-13-12-24(16-22(25)17-26(28)19-4-2-1-3-5-19)37(34,35)31-23-10-8-21(9-11-23)29(33)32-14-15-36-18-27(32)20-6-7-20/h1-5,12-13,16,20-21,23,27,31H,6-11,14-15,17-18H2/t21?,23?,27-/m1/s1. The Bertz CT molecular complexity index is 1310. The van der Waals surface area contributed by atoms with Crippen molar-refractivity contribution in [2.75, 3.05) is 19.8 Å². The summed E-state index contributed by atoms with van der Waals surface area (Å²) < 4.78 is 50.0. The van der Waals surface area contributed by atoms with Gasteiger partial charge in [-0.05, 0) is 67.7 Å². The minimum Gasteiger partial charge on any atom is -0.377 e. The number of carbonyl (C=O) groups excluding carboxylic acids is 1. The molecule has 2 aromatic carbocycles. The fourth-order valence-electron chi connectivity index (χ4n) is 6.14. The first kappa shape index (κ1) is 24.8. The number of morpholine rings is 1. The summed E-state index contributed by atoms with van der Waals surface area (Å²) in [5.74, 6) is 0.451. The van der Waals surface area contributed by atoms with Gasteiger partial charge in [-0.15, -0.1) is 0 Å². The quantitative estimate of drug-likeness (QED) is 0.602. The van der Waals surface area contributed by atoms with Crippen LogP contribution in [0.5, 0.6) is 0 Å². The SMILES string of the molecule is O=C(C1CCC(NS(=O)(=O)c2ccc3c(c2)CC(c2ccccc2)=C3F)CC1)N1CCOC[C@@H]1C1CC1. The van der Waals surface area contributed by atoms with Crippen LogP contribution in [0.1, 0.15) is 55.2 Å². The van der Waals surface area contributed by atoms with Gasteiger partial charge in [0.2, 0.25) is 15.9 Å². The third kappa shape index (κ3) is 4.99. The number of fused-ring (bicyclic) bond motifs is 1. The maximum Gasteiger partial charge on any atom is 0.240 e. The maximum atomic E-state index is 15.1. The van der Waals surface area contributed by atoms with Gasteiger partial charge in [0, 0.05) is 36.1 Å². The zero-order valence-electron chi connectivity index (χ0n) is 20.9. The van der Waals surface area contributed by atoms with Crippen molar-refractivity contribution in [3.8, 4) is 0 Å². The third-order valence-corrected chi connectivity index (χ3v) is 9.91. The van der Waals surface area contributed by atoms with Crippen LogP contribution in [0.15, 0.2) is 53.4 Å². The first-order valence-electron chi connectivity index (χ1n) is 13.4. The van der Waals surface area contributed by atoms with Gasteiger partial charge in [0.1, 0.15) is 5.83 Å². The topological polar surface area (TPSA) is 75.7 Å². The molecule has 4 aliphatic rings. The van der Waals surface area contributed by atoms with E-state index in [-0.39, 0.29) is 34.6 Å². The Morgan fingerprint density at radius 1 is 1.00 bits per heavy atom. The van der Waals surface area contributed by atoms with E-state index in [1.54, 1.807) is 12.1 Å². The summed E-state index contributed by atoms with van der Waals surface area (Å²) >= 11 is 0. The summed E-state index contributed by atoms with van der Waals surface area (Å²) in [6, 6.07) is 14.0. The molecule has 0 radical (unpaired) electrons. The van der Waals surface area contributed by atoms with E-state index in [1.165, 1.54) is 18.9 Å². The van der Waals surface area contributed by atoms with Crippen LogP contribution >= 0.6 is 0 Å². The van der Waals surface area contributed by atoms with Crippen molar-refractivity contribution in [1.82, 2.24) is 9.62 Å². The van der Waals surface area contributed by atoms with Gasteiger partial charge in [0.15, 0.2) is 0 Å². The summed E-state index contributed by atoms with van der Waals surface area (Å²) in [5.41, 5.74) is 2.55. The monoisotopic (exact) mass is 524 g/mol. The number of amides is 1. The summed E-state index contributed by atoms with van der Waals surface area (Å²) in [6.07, 6.45) is 5.34. The van der Waals surface area contributed by atoms with Crippen molar-refractivity contribution in [1.29, 1.82) is 0 Å². The lowest BCUT2D eigenvalue weighted by atomic mass is 9.85. The number of hydrogen-bond acceptors (Lipinski definition) is 4. The van der Waals surface area contributed by atoms with E-state index in [2.05, 4.69) is 4.72 Å². The third-order valence-electron chi connectivity index (χ3n) is 8.39. The van der Waals surface area contributed by atoms with Crippen LogP contribution < -0.4 is 4.72 Å². The van der Waals surface area contributed by atoms with Gasteiger partial charge in [0.05, 0.1) is 24.2 Å². The van der Waals surface area contributed by atoms with Crippen LogP contribution in [0, 0.1) is 11.8 Å². The van der Waals surface area contributed by atoms with E-state index in [9.17, 15) is 13.2 Å². The van der Waals surface area contributed by atoms with Crippen molar-refractivity contribution in [2.45, 2.75) is 61.9 Å². The smallest absolute Gasteiger partial charge is 0.240 e. The molecule has 1 N–H and O–H groups in total. The molecular formula is C29H33FN2O4S. The molecule has 1 heterocycles. The van der Waals surface area contributed by atoms with Crippen molar-refractivity contribution >= 4 is 27.3 Å². The molecule has 1 saturated heterocycles. The number of halogens is 1. The number of rotatable bonds is 6. The minimum absolute atomic E-state index is 0.0504. The molecule has 2 aromatic rings. The second kappa shape index (κ2) is 9.97. The number of benzene rings is 2. The first-order chi connectivity index (χ1) is 17.9. The predicted octanol–water partition coefficient (Wildman–Crippen LogP) is 4.56. The summed E-state index contributed by atoms with van der Waals surface area (Å²) in [7, 11) is -3.75. The number of hydrogen-bond donors (Lipinski definition) is 1. The van der Waals surface area contributed by atoms with Crippen molar-refractivity contribution in [2.24, 2.45) is 11.8 Å². The van der Waals surface area contributed by atoms with Crippen LogP contribution in [0.2, 0.25) is 0 Å². The van der Waals surface area contributed by atoms with Gasteiger partial charge in [-0.2, -0.15) is 0 Å². The van der Waals surface area contributed by atoms with Crippen LogP contribution in [-0.4, -0.2) is 51.1 Å². The Morgan fingerprint density at radius 3 is 2.49 bits per heavy atom. The highest BCUT2D eigenvalue weighted by atomic mass is 32.2. The van der Waals surface area contributed by atoms with Crippen LogP contribution in [0.25, 0.3) is 11.4 Å². The molecule has 2 saturated carbocycles. The van der Waals surface area contributed by atoms with Gasteiger partial charge in [-0.25, -0.2) is 17.5 Å². The predicted molar refractivity (Wildman–Crippen MR) is 140 cm³/mol. The molecule has 1 atom stereocenters. The fourth-order valence-corrected chi connectivity index (χ4v) is 7.50. The van der Waals surface area contributed by atoms with Crippen LogP contribution in [-0.2, 0) is 26.0 Å². The fraction of sp³-hybridized carbons (Fsp3) is 0.483. The van der Waals surface area contributed by atoms with Gasteiger partial charge in [-0.1, -0.05) is 36.4 Å². The Morgan fingerprint density at radius 2 is 1.76 bits per heavy atom. The first-order valence-corrected chi connectivity index (χ1v) is 14.9. The Labute approximate surface area is 217 Å². The molecule has 3 aliphatic carbocycles. The van der Waals surface area contributed by atoms with Gasteiger partial charge in [-0.3, -0.25) is 4.79 Å². The van der Waals surface area contributed by atoms with E-state index in [0.29, 0.717) is 74.5 Å². The molecule has 0 spiro atoms. The number of sulfonamides is 1. The Balaban J connectivity index is 1.08. The van der Waals surface area contributed by atoms with E-state index in [4.69, 9.17) is 4.74 Å². The van der Waals surface area contributed by atoms with Crippen molar-refractivity contribution in [3.63, 3.8) is 0 Å². The van der Waals surface area contributed by atoms with E-state index in [1.807, 2.05) is 35.2 Å². The van der Waals surface area contributed by atoms with Crippen LogP contribution in [0.4, 0.5) is 4.39 Å².